The first-order chi connectivity index (χ1) is 13.7. The Bertz CT molecular complexity index is 918. The Morgan fingerprint density at radius 1 is 1.07 bits per heavy atom. The van der Waals surface area contributed by atoms with Gasteiger partial charge in [-0.3, -0.25) is 0 Å². The number of hydrogen-bond donors (Lipinski definition) is 0. The maximum atomic E-state index is 6.40. The predicted octanol–water partition coefficient (Wildman–Crippen LogP) is 4.43. The second-order valence-electron chi connectivity index (χ2n) is 5.50. The molecule has 0 atom stereocenters. The first kappa shape index (κ1) is 20.2. The van der Waals surface area contributed by atoms with Gasteiger partial charge in [0.2, 0.25) is 0 Å². The van der Waals surface area contributed by atoms with Gasteiger partial charge in [-0.2, -0.15) is 5.10 Å². The number of aromatic nitrogens is 3. The number of rotatable bonds is 9. The SMILES string of the molecule is CCOc1cc(/C=N\n2cnnc2)cc(Cl)c1OCCOc1ccc(Br)cc1. The summed E-state index contributed by atoms with van der Waals surface area (Å²) in [5.41, 5.74) is 0.764. The summed E-state index contributed by atoms with van der Waals surface area (Å²) in [5.74, 6) is 1.79. The molecule has 0 aliphatic rings. The lowest BCUT2D eigenvalue weighted by Crippen LogP contribution is -2.10. The van der Waals surface area contributed by atoms with Gasteiger partial charge < -0.3 is 14.2 Å². The van der Waals surface area contributed by atoms with Crippen molar-refractivity contribution in [3.63, 3.8) is 0 Å². The number of halogens is 2. The lowest BCUT2D eigenvalue weighted by atomic mass is 10.2. The maximum absolute atomic E-state index is 6.40. The van der Waals surface area contributed by atoms with Crippen LogP contribution in [0.5, 0.6) is 17.2 Å². The minimum atomic E-state index is 0.323. The molecule has 0 aliphatic heterocycles. The predicted molar refractivity (Wildman–Crippen MR) is 111 cm³/mol. The fourth-order valence-electron chi connectivity index (χ4n) is 2.29. The van der Waals surface area contributed by atoms with Gasteiger partial charge in [-0.1, -0.05) is 27.5 Å². The standard InChI is InChI=1S/C19H18BrClN4O3/c1-2-26-18-10-14(11-24-25-12-22-23-13-25)9-17(21)19(18)28-8-7-27-16-5-3-15(20)4-6-16/h3-6,9-13H,2,7-8H2,1H3/b24-11-. The van der Waals surface area contributed by atoms with Crippen LogP contribution in [0, 0.1) is 0 Å². The van der Waals surface area contributed by atoms with E-state index in [1.54, 1.807) is 12.3 Å². The van der Waals surface area contributed by atoms with Gasteiger partial charge in [0.15, 0.2) is 11.5 Å². The topological polar surface area (TPSA) is 70.8 Å². The Balaban J connectivity index is 1.64. The van der Waals surface area contributed by atoms with E-state index in [1.807, 2.05) is 37.3 Å². The Morgan fingerprint density at radius 2 is 1.79 bits per heavy atom. The zero-order valence-electron chi connectivity index (χ0n) is 15.1. The third kappa shape index (κ3) is 5.71. The molecule has 0 radical (unpaired) electrons. The largest absolute Gasteiger partial charge is 0.490 e. The summed E-state index contributed by atoms with van der Waals surface area (Å²) < 4.78 is 19.6. The fourth-order valence-corrected chi connectivity index (χ4v) is 2.83. The molecule has 3 aromatic rings. The minimum Gasteiger partial charge on any atom is -0.490 e. The van der Waals surface area contributed by atoms with Crippen molar-refractivity contribution in [2.75, 3.05) is 19.8 Å². The van der Waals surface area contributed by atoms with Crippen molar-refractivity contribution < 1.29 is 14.2 Å². The van der Waals surface area contributed by atoms with E-state index in [4.69, 9.17) is 25.8 Å². The van der Waals surface area contributed by atoms with Crippen LogP contribution in [-0.4, -0.2) is 40.9 Å². The summed E-state index contributed by atoms with van der Waals surface area (Å²) in [7, 11) is 0. The summed E-state index contributed by atoms with van der Waals surface area (Å²) >= 11 is 9.79. The Morgan fingerprint density at radius 3 is 2.50 bits per heavy atom. The normalized spacial score (nSPS) is 11.0. The van der Waals surface area contributed by atoms with Crippen molar-refractivity contribution in [2.45, 2.75) is 6.92 Å². The minimum absolute atomic E-state index is 0.323. The summed E-state index contributed by atoms with van der Waals surface area (Å²) in [4.78, 5) is 0. The highest BCUT2D eigenvalue weighted by molar-refractivity contribution is 9.10. The van der Waals surface area contributed by atoms with Gasteiger partial charge >= 0.3 is 0 Å². The maximum Gasteiger partial charge on any atom is 0.179 e. The van der Waals surface area contributed by atoms with Crippen molar-refractivity contribution in [3.05, 3.63) is 64.1 Å². The molecular formula is C19H18BrClN4O3. The molecule has 0 bridgehead atoms. The third-order valence-corrected chi connectivity index (χ3v) is 4.30. The number of nitrogens with zero attached hydrogens (tertiary/aromatic N) is 4. The van der Waals surface area contributed by atoms with Gasteiger partial charge in [-0.15, -0.1) is 10.2 Å². The molecule has 0 N–H and O–H groups in total. The van der Waals surface area contributed by atoms with Crippen LogP contribution >= 0.6 is 27.5 Å². The average molecular weight is 466 g/mol. The average Bonchev–Trinajstić information content (AvgIpc) is 3.20. The highest BCUT2D eigenvalue weighted by atomic mass is 79.9. The van der Waals surface area contributed by atoms with E-state index in [-0.39, 0.29) is 0 Å². The Hall–Kier alpha value is -2.58. The molecule has 1 heterocycles. The van der Waals surface area contributed by atoms with Crippen molar-refractivity contribution >= 4 is 33.7 Å². The summed E-state index contributed by atoms with van der Waals surface area (Å²) in [6.07, 6.45) is 4.62. The van der Waals surface area contributed by atoms with E-state index >= 15 is 0 Å². The smallest absolute Gasteiger partial charge is 0.179 e. The van der Waals surface area contributed by atoms with Gasteiger partial charge in [0.05, 0.1) is 17.8 Å². The first-order valence-electron chi connectivity index (χ1n) is 8.52. The first-order valence-corrected chi connectivity index (χ1v) is 9.69. The molecule has 1 aromatic heterocycles. The van der Waals surface area contributed by atoms with E-state index in [1.165, 1.54) is 17.3 Å². The molecule has 3 rings (SSSR count). The number of benzene rings is 2. The molecular weight excluding hydrogens is 448 g/mol. The second-order valence-corrected chi connectivity index (χ2v) is 6.82. The fraction of sp³-hybridized carbons (Fsp3) is 0.211. The zero-order chi connectivity index (χ0) is 19.8. The lowest BCUT2D eigenvalue weighted by molar-refractivity contribution is 0.208. The molecule has 0 amide bonds. The van der Waals surface area contributed by atoms with Crippen molar-refractivity contribution in [3.8, 4) is 17.2 Å². The highest BCUT2D eigenvalue weighted by Gasteiger charge is 2.12. The molecule has 9 heteroatoms. The van der Waals surface area contributed by atoms with E-state index < -0.39 is 0 Å². The van der Waals surface area contributed by atoms with Gasteiger partial charge in [0, 0.05) is 4.47 Å². The van der Waals surface area contributed by atoms with Crippen LogP contribution in [0.1, 0.15) is 12.5 Å². The van der Waals surface area contributed by atoms with Crippen LogP contribution in [0.2, 0.25) is 5.02 Å². The molecule has 0 saturated heterocycles. The summed E-state index contributed by atoms with van der Waals surface area (Å²) in [6.45, 7) is 3.07. The number of hydrogen-bond acceptors (Lipinski definition) is 6. The van der Waals surface area contributed by atoms with Crippen LogP contribution in [0.15, 0.2) is 58.6 Å². The molecule has 146 valence electrons. The van der Waals surface area contributed by atoms with E-state index in [0.29, 0.717) is 36.3 Å². The third-order valence-electron chi connectivity index (χ3n) is 3.49. The van der Waals surface area contributed by atoms with Crippen molar-refractivity contribution in [2.24, 2.45) is 5.10 Å². The summed E-state index contributed by atoms with van der Waals surface area (Å²) in [6, 6.07) is 11.2. The molecule has 0 unspecified atom stereocenters. The molecule has 0 fully saturated rings. The Labute approximate surface area is 176 Å². The van der Waals surface area contributed by atoms with Crippen LogP contribution in [0.3, 0.4) is 0 Å². The molecule has 0 aliphatic carbocycles. The van der Waals surface area contributed by atoms with E-state index in [0.717, 1.165) is 15.8 Å². The highest BCUT2D eigenvalue weighted by Crippen LogP contribution is 2.36. The monoisotopic (exact) mass is 464 g/mol. The van der Waals surface area contributed by atoms with Crippen molar-refractivity contribution in [1.82, 2.24) is 14.9 Å². The Kier molecular flexibility index (Phi) is 7.27. The molecule has 0 saturated carbocycles. The van der Waals surface area contributed by atoms with Crippen LogP contribution in [0.4, 0.5) is 0 Å². The summed E-state index contributed by atoms with van der Waals surface area (Å²) in [5, 5.41) is 12.0. The van der Waals surface area contributed by atoms with Crippen LogP contribution in [-0.2, 0) is 0 Å². The molecule has 28 heavy (non-hydrogen) atoms. The van der Waals surface area contributed by atoms with Crippen LogP contribution < -0.4 is 14.2 Å². The van der Waals surface area contributed by atoms with E-state index in [2.05, 4.69) is 31.2 Å². The van der Waals surface area contributed by atoms with Gasteiger partial charge in [-0.25, -0.2) is 4.68 Å². The van der Waals surface area contributed by atoms with Gasteiger partial charge in [0.1, 0.15) is 31.6 Å². The molecule has 7 nitrogen and oxygen atoms in total. The second kappa shape index (κ2) is 10.1. The lowest BCUT2D eigenvalue weighted by Gasteiger charge is -2.14. The van der Waals surface area contributed by atoms with Gasteiger partial charge in [-0.05, 0) is 48.9 Å². The number of ether oxygens (including phenoxy) is 3. The molecule has 2 aromatic carbocycles. The zero-order valence-corrected chi connectivity index (χ0v) is 17.4. The quantitative estimate of drug-likeness (QED) is 0.345. The van der Waals surface area contributed by atoms with E-state index in [9.17, 15) is 0 Å². The van der Waals surface area contributed by atoms with Crippen LogP contribution in [0.25, 0.3) is 0 Å². The van der Waals surface area contributed by atoms with Gasteiger partial charge in [0.25, 0.3) is 0 Å². The molecule has 0 spiro atoms. The van der Waals surface area contributed by atoms with Crippen molar-refractivity contribution in [1.29, 1.82) is 0 Å².